The monoisotopic (exact) mass is 613 g/mol. The number of rotatable bonds is 29. The van der Waals surface area contributed by atoms with Crippen LogP contribution in [0.25, 0.3) is 0 Å². The molecule has 0 aromatic rings. The third kappa shape index (κ3) is 27.9. The van der Waals surface area contributed by atoms with Crippen molar-refractivity contribution < 1.29 is 42.9 Å². The van der Waals surface area contributed by atoms with Gasteiger partial charge in [-0.3, -0.25) is 24.0 Å². The van der Waals surface area contributed by atoms with Crippen LogP contribution >= 0.6 is 0 Å². The molecule has 0 saturated carbocycles. The summed E-state index contributed by atoms with van der Waals surface area (Å²) < 4.78 is 20.5. The molecule has 0 spiro atoms. The first-order valence-electron chi connectivity index (χ1n) is 16.7. The van der Waals surface area contributed by atoms with Gasteiger partial charge in [0.15, 0.2) is 6.10 Å². The van der Waals surface area contributed by atoms with E-state index in [1.54, 1.807) is 0 Å². The van der Waals surface area contributed by atoms with Crippen molar-refractivity contribution in [3.63, 3.8) is 0 Å². The first kappa shape index (κ1) is 40.4. The Morgan fingerprint density at radius 1 is 0.488 bits per heavy atom. The lowest BCUT2D eigenvalue weighted by Crippen LogP contribution is -2.31. The largest absolute Gasteiger partial charge is 0.464 e. The summed E-state index contributed by atoms with van der Waals surface area (Å²) in [6.07, 6.45) is 17.1. The summed E-state index contributed by atoms with van der Waals surface area (Å²) in [4.78, 5) is 59.4. The van der Waals surface area contributed by atoms with Gasteiger partial charge in [-0.15, -0.1) is 0 Å². The smallest absolute Gasteiger partial charge is 0.306 e. The summed E-state index contributed by atoms with van der Waals surface area (Å²) in [5, 5.41) is 2.75. The second-order valence-corrected chi connectivity index (χ2v) is 11.0. The van der Waals surface area contributed by atoms with Crippen LogP contribution in [-0.2, 0) is 42.9 Å². The van der Waals surface area contributed by atoms with E-state index in [-0.39, 0.29) is 58.0 Å². The first-order chi connectivity index (χ1) is 20.8. The van der Waals surface area contributed by atoms with Crippen LogP contribution < -0.4 is 5.32 Å². The number of esters is 4. The average molecular weight is 614 g/mol. The molecule has 0 aliphatic rings. The Labute approximate surface area is 259 Å². The Morgan fingerprint density at radius 2 is 0.930 bits per heavy atom. The van der Waals surface area contributed by atoms with E-state index in [0.717, 1.165) is 19.3 Å². The van der Waals surface area contributed by atoms with Gasteiger partial charge in [0.05, 0.1) is 19.4 Å². The fraction of sp³-hybridized carbons (Fsp3) is 0.848. The second-order valence-electron chi connectivity index (χ2n) is 11.0. The number of amides is 1. The van der Waals surface area contributed by atoms with Crippen LogP contribution in [0.3, 0.4) is 0 Å². The maximum absolute atomic E-state index is 12.1. The maximum Gasteiger partial charge on any atom is 0.306 e. The average Bonchev–Trinajstić information content (AvgIpc) is 2.98. The van der Waals surface area contributed by atoms with E-state index in [1.165, 1.54) is 64.2 Å². The van der Waals surface area contributed by atoms with Crippen LogP contribution in [0.5, 0.6) is 0 Å². The van der Waals surface area contributed by atoms with Crippen molar-refractivity contribution in [1.29, 1.82) is 0 Å². The van der Waals surface area contributed by atoms with Gasteiger partial charge in [-0.05, 0) is 19.3 Å². The molecule has 10 heteroatoms. The predicted molar refractivity (Wildman–Crippen MR) is 165 cm³/mol. The molecule has 0 bridgehead atoms. The number of hydrogen-bond donors (Lipinski definition) is 1. The molecule has 0 saturated heterocycles. The SMILES string of the molecule is CCCCCCCCCCCCCCCC(=O)NCCOC(=O)CCC(=O)OC[C@H](COC(=O)CCC)OC(=O)CCC. The third-order valence-electron chi connectivity index (χ3n) is 6.79. The summed E-state index contributed by atoms with van der Waals surface area (Å²) >= 11 is 0. The highest BCUT2D eigenvalue weighted by molar-refractivity contribution is 5.78. The number of carbonyl (C=O) groups is 5. The van der Waals surface area contributed by atoms with Gasteiger partial charge in [-0.2, -0.15) is 0 Å². The normalized spacial score (nSPS) is 11.4. The van der Waals surface area contributed by atoms with Gasteiger partial charge in [0.2, 0.25) is 5.91 Å². The van der Waals surface area contributed by atoms with Crippen molar-refractivity contribution >= 4 is 29.8 Å². The zero-order valence-corrected chi connectivity index (χ0v) is 27.2. The molecule has 0 fully saturated rings. The van der Waals surface area contributed by atoms with Crippen molar-refractivity contribution in [3.8, 4) is 0 Å². The van der Waals surface area contributed by atoms with E-state index in [0.29, 0.717) is 19.3 Å². The predicted octanol–water partition coefficient (Wildman–Crippen LogP) is 6.51. The molecular formula is C33H59NO9. The molecule has 10 nitrogen and oxygen atoms in total. The number of ether oxygens (including phenoxy) is 4. The van der Waals surface area contributed by atoms with Gasteiger partial charge < -0.3 is 24.3 Å². The molecule has 1 atom stereocenters. The molecule has 0 aliphatic heterocycles. The Morgan fingerprint density at radius 3 is 1.44 bits per heavy atom. The minimum atomic E-state index is -0.918. The van der Waals surface area contributed by atoms with Gasteiger partial charge >= 0.3 is 23.9 Å². The molecule has 250 valence electrons. The molecule has 0 aromatic heterocycles. The Bertz CT molecular complexity index is 757. The third-order valence-corrected chi connectivity index (χ3v) is 6.79. The number of nitrogens with one attached hydrogen (secondary N) is 1. The van der Waals surface area contributed by atoms with E-state index >= 15 is 0 Å². The lowest BCUT2D eigenvalue weighted by molar-refractivity contribution is -0.167. The van der Waals surface area contributed by atoms with Gasteiger partial charge in [-0.1, -0.05) is 97.8 Å². The van der Waals surface area contributed by atoms with E-state index in [1.807, 2.05) is 13.8 Å². The molecule has 0 heterocycles. The lowest BCUT2D eigenvalue weighted by Gasteiger charge is -2.18. The van der Waals surface area contributed by atoms with Crippen molar-refractivity contribution in [2.24, 2.45) is 0 Å². The van der Waals surface area contributed by atoms with Gasteiger partial charge in [-0.25, -0.2) is 0 Å². The van der Waals surface area contributed by atoms with E-state index < -0.39 is 30.0 Å². The first-order valence-corrected chi connectivity index (χ1v) is 16.7. The molecule has 0 aromatic carbocycles. The van der Waals surface area contributed by atoms with Crippen LogP contribution in [-0.4, -0.2) is 62.3 Å². The van der Waals surface area contributed by atoms with Crippen LogP contribution in [0.2, 0.25) is 0 Å². The zero-order valence-electron chi connectivity index (χ0n) is 27.2. The molecule has 0 unspecified atom stereocenters. The lowest BCUT2D eigenvalue weighted by atomic mass is 10.0. The van der Waals surface area contributed by atoms with E-state index in [2.05, 4.69) is 12.2 Å². The van der Waals surface area contributed by atoms with Crippen LogP contribution in [0.15, 0.2) is 0 Å². The van der Waals surface area contributed by atoms with Gasteiger partial charge in [0.1, 0.15) is 19.8 Å². The highest BCUT2D eigenvalue weighted by atomic mass is 16.6. The van der Waals surface area contributed by atoms with Gasteiger partial charge in [0.25, 0.3) is 0 Å². The fourth-order valence-corrected chi connectivity index (χ4v) is 4.31. The molecule has 1 amide bonds. The molecule has 43 heavy (non-hydrogen) atoms. The van der Waals surface area contributed by atoms with Crippen molar-refractivity contribution in [3.05, 3.63) is 0 Å². The van der Waals surface area contributed by atoms with Gasteiger partial charge in [0, 0.05) is 19.3 Å². The fourth-order valence-electron chi connectivity index (χ4n) is 4.31. The minimum Gasteiger partial charge on any atom is -0.464 e. The molecular weight excluding hydrogens is 554 g/mol. The second kappa shape index (κ2) is 29.4. The Balaban J connectivity index is 3.85. The molecule has 0 rings (SSSR count). The maximum atomic E-state index is 12.1. The highest BCUT2D eigenvalue weighted by Gasteiger charge is 2.19. The van der Waals surface area contributed by atoms with Crippen molar-refractivity contribution in [2.45, 2.75) is 155 Å². The topological polar surface area (TPSA) is 134 Å². The van der Waals surface area contributed by atoms with Crippen molar-refractivity contribution in [1.82, 2.24) is 5.32 Å². The summed E-state index contributed by atoms with van der Waals surface area (Å²) in [6.45, 7) is 5.65. The number of hydrogen-bond acceptors (Lipinski definition) is 9. The quantitative estimate of drug-likeness (QED) is 0.0569. The van der Waals surface area contributed by atoms with Crippen LogP contribution in [0, 0.1) is 0 Å². The molecule has 0 aliphatic carbocycles. The standard InChI is InChI=1S/C33H59NO9/c1-4-7-8-9-10-11-12-13-14-15-16-17-18-21-29(35)34-24-25-40-31(37)22-23-32(38)42-27-28(43-33(39)20-6-3)26-41-30(36)19-5-2/h28H,4-27H2,1-3H3,(H,34,35)/t28-/m0/s1. The number of unbranched alkanes of at least 4 members (excludes halogenated alkanes) is 12. The Kier molecular flexibility index (Phi) is 27.6. The summed E-state index contributed by atoms with van der Waals surface area (Å²) in [6, 6.07) is 0. The summed E-state index contributed by atoms with van der Waals surface area (Å²) in [5.74, 6) is -2.21. The number of carbonyl (C=O) groups excluding carboxylic acids is 5. The van der Waals surface area contributed by atoms with Crippen LogP contribution in [0.1, 0.15) is 149 Å². The molecule has 1 N–H and O–H groups in total. The van der Waals surface area contributed by atoms with E-state index in [9.17, 15) is 24.0 Å². The summed E-state index contributed by atoms with van der Waals surface area (Å²) in [5.41, 5.74) is 0. The van der Waals surface area contributed by atoms with E-state index in [4.69, 9.17) is 18.9 Å². The van der Waals surface area contributed by atoms with Crippen LogP contribution in [0.4, 0.5) is 0 Å². The zero-order chi connectivity index (χ0) is 32.0. The minimum absolute atomic E-state index is 0.0246. The van der Waals surface area contributed by atoms with Crippen molar-refractivity contribution in [2.75, 3.05) is 26.4 Å². The molecule has 0 radical (unpaired) electrons. The highest BCUT2D eigenvalue weighted by Crippen LogP contribution is 2.13. The summed E-state index contributed by atoms with van der Waals surface area (Å²) in [7, 11) is 0. The Hall–Kier alpha value is -2.65.